The Balaban J connectivity index is 2.13. The van der Waals surface area contributed by atoms with E-state index in [9.17, 15) is 31.4 Å². The molecule has 0 bridgehead atoms. The van der Waals surface area contributed by atoms with E-state index < -0.39 is 29.6 Å². The van der Waals surface area contributed by atoms with E-state index in [-0.39, 0.29) is 23.4 Å². The first kappa shape index (κ1) is 25.3. The third-order valence-electron chi connectivity index (χ3n) is 5.87. The molecule has 0 aliphatic carbocycles. The zero-order valence-corrected chi connectivity index (χ0v) is 18.4. The van der Waals surface area contributed by atoms with Gasteiger partial charge in [0.2, 0.25) is 0 Å². The number of nitrogens with one attached hydrogen (secondary N) is 1. The van der Waals surface area contributed by atoms with Crippen LogP contribution in [-0.4, -0.2) is 17.7 Å². The zero-order chi connectivity index (χ0) is 24.4. The molecule has 0 spiro atoms. The third kappa shape index (κ3) is 5.79. The lowest BCUT2D eigenvalue weighted by atomic mass is 9.92. The Hall–Kier alpha value is -2.32. The van der Waals surface area contributed by atoms with E-state index in [2.05, 4.69) is 19.2 Å². The van der Waals surface area contributed by atoms with Crippen molar-refractivity contribution in [2.75, 3.05) is 6.54 Å². The van der Waals surface area contributed by atoms with Crippen molar-refractivity contribution in [1.82, 2.24) is 5.32 Å². The van der Waals surface area contributed by atoms with Crippen LogP contribution in [0, 0.1) is 0 Å². The fraction of sp³-hybridized carbons (Fsp3) is 0.440. The Bertz CT molecular complexity index is 1100. The Morgan fingerprint density at radius 1 is 0.758 bits per heavy atom. The summed E-state index contributed by atoms with van der Waals surface area (Å²) in [4.78, 5) is 0. The lowest BCUT2D eigenvalue weighted by Crippen LogP contribution is -2.32. The summed E-state index contributed by atoms with van der Waals surface area (Å²) in [7, 11) is 0. The highest BCUT2D eigenvalue weighted by molar-refractivity contribution is 6.09. The number of aliphatic hydroxyl groups is 1. The minimum Gasteiger partial charge on any atom is -0.387 e. The second-order valence-electron chi connectivity index (χ2n) is 8.36. The van der Waals surface area contributed by atoms with Gasteiger partial charge in [0.15, 0.2) is 0 Å². The molecule has 2 N–H and O–H groups in total. The number of alkyl halides is 6. The Morgan fingerprint density at radius 2 is 1.30 bits per heavy atom. The standard InChI is InChI=1S/C25H27F6NO/c1-3-5-18(6-4-2)32-14-23(33)22-11-15-7-8-16(24(26,27)28)12-20(15)21-13-17(25(29,30)31)9-10-19(21)22/h7-13,18,23,32-33H,3-6,14H2,1-2H3. The van der Waals surface area contributed by atoms with Gasteiger partial charge in [0.25, 0.3) is 0 Å². The SMILES string of the molecule is CCCC(CCC)NCC(O)c1cc2ccc(C(F)(F)F)cc2c2cc(C(F)(F)F)ccc12. The summed E-state index contributed by atoms with van der Waals surface area (Å²) in [6.07, 6.45) is -6.53. The van der Waals surface area contributed by atoms with Gasteiger partial charge in [-0.05, 0) is 70.3 Å². The molecule has 1 unspecified atom stereocenters. The van der Waals surface area contributed by atoms with Crippen molar-refractivity contribution >= 4 is 21.5 Å². The summed E-state index contributed by atoms with van der Waals surface area (Å²) < 4.78 is 79.9. The van der Waals surface area contributed by atoms with Crippen LogP contribution in [0.3, 0.4) is 0 Å². The molecule has 180 valence electrons. The van der Waals surface area contributed by atoms with Gasteiger partial charge >= 0.3 is 12.4 Å². The third-order valence-corrected chi connectivity index (χ3v) is 5.87. The Morgan fingerprint density at radius 3 is 1.85 bits per heavy atom. The molecule has 33 heavy (non-hydrogen) atoms. The van der Waals surface area contributed by atoms with E-state index in [0.717, 1.165) is 49.9 Å². The van der Waals surface area contributed by atoms with Gasteiger partial charge in [0.05, 0.1) is 17.2 Å². The van der Waals surface area contributed by atoms with Crippen LogP contribution in [0.25, 0.3) is 21.5 Å². The summed E-state index contributed by atoms with van der Waals surface area (Å²) in [6.45, 7) is 4.31. The minimum atomic E-state index is -4.65. The van der Waals surface area contributed by atoms with Gasteiger partial charge in [0.1, 0.15) is 0 Å². The second kappa shape index (κ2) is 9.89. The van der Waals surface area contributed by atoms with E-state index in [0.29, 0.717) is 16.3 Å². The first-order valence-electron chi connectivity index (χ1n) is 11.0. The molecule has 0 saturated heterocycles. The van der Waals surface area contributed by atoms with Crippen LogP contribution in [0.2, 0.25) is 0 Å². The highest BCUT2D eigenvalue weighted by atomic mass is 19.4. The highest BCUT2D eigenvalue weighted by Gasteiger charge is 2.32. The van der Waals surface area contributed by atoms with Gasteiger partial charge in [-0.2, -0.15) is 26.3 Å². The topological polar surface area (TPSA) is 32.3 Å². The Kier molecular flexibility index (Phi) is 7.59. The summed E-state index contributed by atoms with van der Waals surface area (Å²) in [5.41, 5.74) is -1.51. The fourth-order valence-corrected chi connectivity index (χ4v) is 4.24. The van der Waals surface area contributed by atoms with Crippen molar-refractivity contribution in [2.45, 2.75) is 64.0 Å². The first-order chi connectivity index (χ1) is 15.5. The van der Waals surface area contributed by atoms with Crippen molar-refractivity contribution < 1.29 is 31.4 Å². The molecular weight excluding hydrogens is 444 g/mol. The maximum Gasteiger partial charge on any atom is 0.416 e. The number of fused-ring (bicyclic) bond motifs is 3. The van der Waals surface area contributed by atoms with Crippen LogP contribution in [-0.2, 0) is 12.4 Å². The van der Waals surface area contributed by atoms with Crippen molar-refractivity contribution in [3.8, 4) is 0 Å². The fourth-order valence-electron chi connectivity index (χ4n) is 4.24. The van der Waals surface area contributed by atoms with Gasteiger partial charge in [0, 0.05) is 12.6 Å². The molecule has 0 saturated carbocycles. The van der Waals surface area contributed by atoms with Crippen LogP contribution in [0.1, 0.15) is 62.3 Å². The van der Waals surface area contributed by atoms with Crippen LogP contribution in [0.15, 0.2) is 42.5 Å². The minimum absolute atomic E-state index is 0.0288. The largest absolute Gasteiger partial charge is 0.416 e. The molecule has 1 atom stereocenters. The molecule has 2 nitrogen and oxygen atoms in total. The highest BCUT2D eigenvalue weighted by Crippen LogP contribution is 2.39. The molecule has 0 radical (unpaired) electrons. The van der Waals surface area contributed by atoms with E-state index in [1.165, 1.54) is 12.1 Å². The number of halogens is 6. The smallest absolute Gasteiger partial charge is 0.387 e. The average molecular weight is 471 g/mol. The molecule has 0 heterocycles. The van der Waals surface area contributed by atoms with Crippen molar-refractivity contribution in [1.29, 1.82) is 0 Å². The van der Waals surface area contributed by atoms with Gasteiger partial charge in [-0.3, -0.25) is 0 Å². The molecule has 0 fully saturated rings. The molecule has 0 amide bonds. The molecule has 3 aromatic carbocycles. The van der Waals surface area contributed by atoms with Crippen molar-refractivity contribution in [3.63, 3.8) is 0 Å². The lowest BCUT2D eigenvalue weighted by Gasteiger charge is -2.22. The molecule has 0 aromatic heterocycles. The first-order valence-corrected chi connectivity index (χ1v) is 11.0. The number of benzene rings is 3. The van der Waals surface area contributed by atoms with Gasteiger partial charge in [-0.1, -0.05) is 38.8 Å². The molecule has 3 aromatic rings. The maximum atomic E-state index is 13.4. The van der Waals surface area contributed by atoms with Crippen molar-refractivity contribution in [2.24, 2.45) is 0 Å². The van der Waals surface area contributed by atoms with Crippen LogP contribution in [0.5, 0.6) is 0 Å². The molecule has 3 rings (SSSR count). The average Bonchev–Trinajstić information content (AvgIpc) is 2.75. The molecule has 0 aliphatic heterocycles. The summed E-state index contributed by atoms with van der Waals surface area (Å²) in [6, 6.07) is 7.74. The second-order valence-corrected chi connectivity index (χ2v) is 8.36. The number of hydrogen-bond donors (Lipinski definition) is 2. The van der Waals surface area contributed by atoms with E-state index >= 15 is 0 Å². The summed E-state index contributed by atoms with van der Waals surface area (Å²) in [5.74, 6) is 0. The Labute approximate surface area is 188 Å². The summed E-state index contributed by atoms with van der Waals surface area (Å²) in [5, 5.41) is 15.0. The number of aliphatic hydroxyl groups excluding tert-OH is 1. The summed E-state index contributed by atoms with van der Waals surface area (Å²) >= 11 is 0. The lowest BCUT2D eigenvalue weighted by molar-refractivity contribution is -0.138. The number of hydrogen-bond acceptors (Lipinski definition) is 2. The molecule has 8 heteroatoms. The maximum absolute atomic E-state index is 13.4. The van der Waals surface area contributed by atoms with Gasteiger partial charge in [-0.25, -0.2) is 0 Å². The van der Waals surface area contributed by atoms with E-state index in [4.69, 9.17) is 0 Å². The number of rotatable bonds is 8. The normalized spacial score (nSPS) is 13.9. The monoisotopic (exact) mass is 471 g/mol. The van der Waals surface area contributed by atoms with Crippen molar-refractivity contribution in [3.05, 3.63) is 59.2 Å². The zero-order valence-electron chi connectivity index (χ0n) is 18.4. The molecule has 0 aliphatic rings. The molecular formula is C25H27F6NO. The predicted molar refractivity (Wildman–Crippen MR) is 118 cm³/mol. The van der Waals surface area contributed by atoms with E-state index in [1.807, 2.05) is 0 Å². The van der Waals surface area contributed by atoms with Crippen LogP contribution < -0.4 is 5.32 Å². The van der Waals surface area contributed by atoms with Gasteiger partial charge < -0.3 is 10.4 Å². The van der Waals surface area contributed by atoms with E-state index in [1.54, 1.807) is 6.07 Å². The van der Waals surface area contributed by atoms with Gasteiger partial charge in [-0.15, -0.1) is 0 Å². The van der Waals surface area contributed by atoms with Crippen LogP contribution >= 0.6 is 0 Å². The van der Waals surface area contributed by atoms with Crippen LogP contribution in [0.4, 0.5) is 26.3 Å². The quantitative estimate of drug-likeness (QED) is 0.262. The predicted octanol–water partition coefficient (Wildman–Crippen LogP) is 7.62.